The average Bonchev–Trinajstić information content (AvgIpc) is 2.78. The molecule has 0 spiro atoms. The van der Waals surface area contributed by atoms with E-state index in [9.17, 15) is 5.11 Å². The van der Waals surface area contributed by atoms with Gasteiger partial charge in [-0.1, -0.05) is 58.9 Å². The Hall–Kier alpha value is -1.89. The minimum absolute atomic E-state index is 0.0771. The average molecular weight is 553 g/mol. The van der Waals surface area contributed by atoms with Gasteiger partial charge in [-0.15, -0.1) is 0 Å². The molecule has 0 aromatic heterocycles. The molecule has 40 heavy (non-hydrogen) atoms. The van der Waals surface area contributed by atoms with E-state index < -0.39 is 11.2 Å². The lowest BCUT2D eigenvalue weighted by Gasteiger charge is -2.61. The molecule has 220 valence electrons. The van der Waals surface area contributed by atoms with E-state index in [2.05, 4.69) is 34.6 Å². The summed E-state index contributed by atoms with van der Waals surface area (Å²) in [6.45, 7) is 19.3. The smallest absolute Gasteiger partial charge is 0.310 e. The van der Waals surface area contributed by atoms with Crippen molar-refractivity contribution in [3.8, 4) is 16.9 Å². The molecule has 2 aliphatic rings. The Morgan fingerprint density at radius 3 is 2.05 bits per heavy atom. The highest BCUT2D eigenvalue weighted by Crippen LogP contribution is 2.66. The summed E-state index contributed by atoms with van der Waals surface area (Å²) in [6.07, 6.45) is 5.50. The van der Waals surface area contributed by atoms with Crippen molar-refractivity contribution in [2.45, 2.75) is 111 Å². The summed E-state index contributed by atoms with van der Waals surface area (Å²) in [5.74, 6) is 0.418. The summed E-state index contributed by atoms with van der Waals surface area (Å²) < 4.78 is 33.6. The van der Waals surface area contributed by atoms with Gasteiger partial charge in [0, 0.05) is 18.2 Å². The summed E-state index contributed by atoms with van der Waals surface area (Å²) in [4.78, 5) is 0. The van der Waals surface area contributed by atoms with Gasteiger partial charge in [0.1, 0.15) is 11.6 Å². The molecule has 2 aliphatic carbocycles. The lowest BCUT2D eigenvalue weighted by atomic mass is 9.44. The van der Waals surface area contributed by atoms with Crippen LogP contribution in [0.2, 0.25) is 0 Å². The van der Waals surface area contributed by atoms with Crippen LogP contribution in [0.25, 0.3) is 11.1 Å². The van der Waals surface area contributed by atoms with E-state index in [4.69, 9.17) is 14.1 Å². The van der Waals surface area contributed by atoms with Crippen molar-refractivity contribution in [3.05, 3.63) is 47.8 Å². The van der Waals surface area contributed by atoms with Crippen LogP contribution in [0.5, 0.6) is 5.75 Å². The first kappa shape index (κ1) is 31.1. The van der Waals surface area contributed by atoms with Crippen LogP contribution in [0, 0.1) is 22.1 Å². The van der Waals surface area contributed by atoms with Crippen LogP contribution in [0.3, 0.4) is 0 Å². The molecule has 0 saturated heterocycles. The summed E-state index contributed by atoms with van der Waals surface area (Å²) in [5, 5.41) is 10.6. The van der Waals surface area contributed by atoms with Crippen LogP contribution in [0.4, 0.5) is 4.39 Å². The molecule has 0 amide bonds. The third-order valence-corrected chi connectivity index (χ3v) is 9.69. The van der Waals surface area contributed by atoms with Crippen LogP contribution in [0.15, 0.2) is 36.4 Å². The van der Waals surface area contributed by atoms with Gasteiger partial charge < -0.3 is 19.2 Å². The second-order valence-electron chi connectivity index (χ2n) is 15.6. The van der Waals surface area contributed by atoms with Crippen molar-refractivity contribution in [1.29, 1.82) is 0 Å². The predicted octanol–water partition coefficient (Wildman–Crippen LogP) is 7.29. The summed E-state index contributed by atoms with van der Waals surface area (Å²) in [7, 11) is 1.88. The van der Waals surface area contributed by atoms with Crippen molar-refractivity contribution in [2.75, 3.05) is 13.9 Å². The van der Waals surface area contributed by atoms with Crippen molar-refractivity contribution in [3.63, 3.8) is 0 Å². The number of fused-ring (bicyclic) bond motifs is 2. The number of hydrogen-bond donors (Lipinski definition) is 1. The van der Waals surface area contributed by atoms with Gasteiger partial charge in [0.05, 0.1) is 11.2 Å². The topological polar surface area (TPSA) is 47.9 Å². The monoisotopic (exact) mass is 552 g/mol. The molecule has 2 aromatic carbocycles. The molecule has 2 fully saturated rings. The highest BCUT2D eigenvalue weighted by molar-refractivity contribution is 6.49. The molecule has 2 aromatic rings. The fourth-order valence-corrected chi connectivity index (χ4v) is 8.77. The zero-order valence-electron chi connectivity index (χ0n) is 26.5. The highest BCUT2D eigenvalue weighted by atomic mass is 19.1. The molecular weight excluding hydrogens is 502 g/mol. The van der Waals surface area contributed by atoms with E-state index in [1.165, 1.54) is 19.3 Å². The Labute approximate surface area is 242 Å². The Morgan fingerprint density at radius 2 is 1.48 bits per heavy atom. The Bertz CT molecular complexity index is 1200. The van der Waals surface area contributed by atoms with Crippen molar-refractivity contribution in [1.82, 2.24) is 0 Å². The first-order valence-corrected chi connectivity index (χ1v) is 14.7. The minimum Gasteiger partial charge on any atom is -0.467 e. The molecule has 4 nitrogen and oxygen atoms in total. The number of methoxy groups -OCH3 is 1. The number of halogens is 1. The second kappa shape index (κ2) is 10.4. The molecule has 2 atom stereocenters. The Morgan fingerprint density at radius 1 is 0.875 bits per heavy atom. The van der Waals surface area contributed by atoms with E-state index in [-0.39, 0.29) is 36.3 Å². The quantitative estimate of drug-likeness (QED) is 0.262. The molecule has 1 N–H and O–H groups in total. The molecule has 0 radical (unpaired) electrons. The lowest BCUT2D eigenvalue weighted by molar-refractivity contribution is -0.0893. The largest absolute Gasteiger partial charge is 0.467 e. The van der Waals surface area contributed by atoms with Gasteiger partial charge in [-0.2, -0.15) is 0 Å². The van der Waals surface area contributed by atoms with Crippen molar-refractivity contribution < 1.29 is 23.6 Å². The van der Waals surface area contributed by atoms with Gasteiger partial charge in [0.15, 0.2) is 6.79 Å². The minimum atomic E-state index is -1.03. The first-order chi connectivity index (χ1) is 18.3. The molecule has 2 bridgehead atoms. The van der Waals surface area contributed by atoms with Crippen LogP contribution >= 0.6 is 0 Å². The molecule has 4 rings (SSSR count). The SMILES string of the molecule is COCOc1c(-c2ccccc2BOC(C)(C)C(C)(C)O)cc(F)cc1C1(C)CC2(C)CC(C)(C)CC(C)(C2)C1. The van der Waals surface area contributed by atoms with Gasteiger partial charge in [-0.25, -0.2) is 4.39 Å². The van der Waals surface area contributed by atoms with Crippen LogP contribution < -0.4 is 10.2 Å². The normalized spacial score (nSPS) is 28.3. The van der Waals surface area contributed by atoms with Crippen molar-refractivity contribution in [2.24, 2.45) is 16.2 Å². The summed E-state index contributed by atoms with van der Waals surface area (Å²) in [6, 6.07) is 11.2. The summed E-state index contributed by atoms with van der Waals surface area (Å²) in [5.41, 5.74) is 1.96. The van der Waals surface area contributed by atoms with Crippen molar-refractivity contribution >= 4 is 12.9 Å². The second-order valence-corrected chi connectivity index (χ2v) is 15.6. The van der Waals surface area contributed by atoms with E-state index in [1.54, 1.807) is 33.1 Å². The third-order valence-electron chi connectivity index (χ3n) is 9.69. The number of ether oxygens (including phenoxy) is 2. The van der Waals surface area contributed by atoms with Gasteiger partial charge in [-0.3, -0.25) is 0 Å². The van der Waals surface area contributed by atoms with Crippen LogP contribution in [0.1, 0.15) is 100.0 Å². The molecule has 0 aliphatic heterocycles. The zero-order valence-corrected chi connectivity index (χ0v) is 26.5. The standard InChI is InChI=1S/C34H50BFO4/c1-29(2)17-32(7)19-33(8,18-29)21-34(9,20-32)26-16-23(36)15-25(28(26)39-22-38-10)24-13-11-12-14-27(24)35-40-31(5,6)30(3,4)37/h11-16,35,37H,17-22H2,1-10H3. The van der Waals surface area contributed by atoms with Crippen LogP contribution in [-0.2, 0) is 14.8 Å². The Kier molecular flexibility index (Phi) is 8.10. The molecule has 2 unspecified atom stereocenters. The van der Waals surface area contributed by atoms with Gasteiger partial charge in [0.2, 0.25) is 0 Å². The highest BCUT2D eigenvalue weighted by Gasteiger charge is 2.56. The fourth-order valence-electron chi connectivity index (χ4n) is 8.77. The van der Waals surface area contributed by atoms with Crippen LogP contribution in [-0.4, -0.2) is 37.7 Å². The van der Waals surface area contributed by atoms with Gasteiger partial charge in [-0.05, 0) is 105 Å². The number of aliphatic hydroxyl groups is 1. The van der Waals surface area contributed by atoms with E-state index in [0.717, 1.165) is 29.4 Å². The molecular formula is C34H50BFO4. The number of rotatable bonds is 9. The van der Waals surface area contributed by atoms with Gasteiger partial charge in [0.25, 0.3) is 0 Å². The predicted molar refractivity (Wildman–Crippen MR) is 163 cm³/mol. The molecule has 6 heteroatoms. The maximum Gasteiger partial charge on any atom is 0.310 e. The molecule has 2 saturated carbocycles. The Balaban J connectivity index is 1.83. The number of benzene rings is 2. The van der Waals surface area contributed by atoms with Gasteiger partial charge >= 0.3 is 7.48 Å². The third kappa shape index (κ3) is 6.29. The maximum absolute atomic E-state index is 15.7. The fraction of sp³-hybridized carbons (Fsp3) is 0.647. The lowest BCUT2D eigenvalue weighted by Crippen LogP contribution is -2.51. The zero-order chi connectivity index (χ0) is 29.8. The van der Waals surface area contributed by atoms with E-state index >= 15 is 4.39 Å². The molecule has 0 heterocycles. The van der Waals surface area contributed by atoms with E-state index in [1.807, 2.05) is 38.1 Å². The van der Waals surface area contributed by atoms with E-state index in [0.29, 0.717) is 16.7 Å². The summed E-state index contributed by atoms with van der Waals surface area (Å²) >= 11 is 0. The number of hydrogen-bond acceptors (Lipinski definition) is 4. The first-order valence-electron chi connectivity index (χ1n) is 14.7. The maximum atomic E-state index is 15.7.